The lowest BCUT2D eigenvalue weighted by atomic mass is 10.1. The Balaban J connectivity index is 1.77. The maximum absolute atomic E-state index is 6.06. The highest BCUT2D eigenvalue weighted by molar-refractivity contribution is 7.18. The normalized spacial score (nSPS) is 14.2. The summed E-state index contributed by atoms with van der Waals surface area (Å²) >= 11 is 7.80. The predicted octanol–water partition coefficient (Wildman–Crippen LogP) is 5.36. The molecule has 3 rings (SSSR count). The van der Waals surface area contributed by atoms with Crippen LogP contribution >= 0.6 is 22.9 Å². The van der Waals surface area contributed by atoms with Crippen molar-refractivity contribution in [1.29, 1.82) is 0 Å². The van der Waals surface area contributed by atoms with Gasteiger partial charge in [0.05, 0.1) is 16.3 Å². The summed E-state index contributed by atoms with van der Waals surface area (Å²) in [5.41, 5.74) is 2.26. The molecule has 21 heavy (non-hydrogen) atoms. The molecule has 4 heteroatoms. The smallest absolute Gasteiger partial charge is 0.111 e. The maximum Gasteiger partial charge on any atom is 0.111 e. The van der Waals surface area contributed by atoms with Gasteiger partial charge in [-0.3, -0.25) is 0 Å². The van der Waals surface area contributed by atoms with Gasteiger partial charge in [0.25, 0.3) is 0 Å². The van der Waals surface area contributed by atoms with Crippen LogP contribution in [-0.2, 0) is 0 Å². The van der Waals surface area contributed by atoms with E-state index < -0.39 is 0 Å². The maximum atomic E-state index is 6.06. The Hall–Kier alpha value is -1.42. The third-order valence-electron chi connectivity index (χ3n) is 3.53. The molecule has 0 fully saturated rings. The highest BCUT2D eigenvalue weighted by Crippen LogP contribution is 2.28. The molecule has 0 aliphatic rings. The van der Waals surface area contributed by atoms with Crippen LogP contribution in [0.3, 0.4) is 0 Å². The van der Waals surface area contributed by atoms with Gasteiger partial charge in [-0.1, -0.05) is 35.9 Å². The van der Waals surface area contributed by atoms with E-state index >= 15 is 0 Å². The molecule has 0 aliphatic heterocycles. The van der Waals surface area contributed by atoms with E-state index in [1.807, 2.05) is 24.3 Å². The molecule has 1 N–H and O–H groups in total. The number of nitrogens with one attached hydrogen (secondary N) is 1. The van der Waals surface area contributed by atoms with Crippen LogP contribution in [0.1, 0.15) is 36.5 Å². The molecule has 2 nitrogen and oxygen atoms in total. The van der Waals surface area contributed by atoms with Crippen LogP contribution < -0.4 is 5.32 Å². The van der Waals surface area contributed by atoms with E-state index in [0.717, 1.165) is 15.5 Å². The lowest BCUT2D eigenvalue weighted by Crippen LogP contribution is -2.22. The minimum absolute atomic E-state index is 0.205. The van der Waals surface area contributed by atoms with Gasteiger partial charge >= 0.3 is 0 Å². The number of halogens is 1. The number of nitrogens with zero attached hydrogens (tertiary/aromatic N) is 1. The van der Waals surface area contributed by atoms with E-state index in [1.165, 1.54) is 10.3 Å². The number of benzene rings is 2. The molecule has 2 atom stereocenters. The summed E-state index contributed by atoms with van der Waals surface area (Å²) in [7, 11) is 0. The third kappa shape index (κ3) is 3.26. The lowest BCUT2D eigenvalue weighted by Gasteiger charge is -2.19. The largest absolute Gasteiger partial charge is 0.302 e. The van der Waals surface area contributed by atoms with Crippen LogP contribution in [0, 0.1) is 0 Å². The van der Waals surface area contributed by atoms with Crippen molar-refractivity contribution in [2.24, 2.45) is 0 Å². The van der Waals surface area contributed by atoms with E-state index in [4.69, 9.17) is 16.6 Å². The van der Waals surface area contributed by atoms with Gasteiger partial charge in [-0.15, -0.1) is 11.3 Å². The fourth-order valence-corrected chi connectivity index (χ4v) is 3.57. The zero-order valence-corrected chi connectivity index (χ0v) is 13.6. The third-order valence-corrected chi connectivity index (χ3v) is 4.98. The molecule has 0 radical (unpaired) electrons. The first kappa shape index (κ1) is 14.5. The minimum atomic E-state index is 0.205. The molecular weight excluding hydrogens is 300 g/mol. The Morgan fingerprint density at radius 2 is 1.86 bits per heavy atom. The molecule has 2 aromatic carbocycles. The Morgan fingerprint density at radius 3 is 2.62 bits per heavy atom. The van der Waals surface area contributed by atoms with E-state index in [-0.39, 0.29) is 12.1 Å². The van der Waals surface area contributed by atoms with E-state index in [0.29, 0.717) is 0 Å². The van der Waals surface area contributed by atoms with Crippen LogP contribution in [0.15, 0.2) is 48.5 Å². The van der Waals surface area contributed by atoms with Crippen LogP contribution in [0.25, 0.3) is 10.2 Å². The van der Waals surface area contributed by atoms with Gasteiger partial charge in [-0.2, -0.15) is 0 Å². The van der Waals surface area contributed by atoms with Crippen LogP contribution in [0.4, 0.5) is 0 Å². The summed E-state index contributed by atoms with van der Waals surface area (Å²) in [5, 5.41) is 5.48. The summed E-state index contributed by atoms with van der Waals surface area (Å²) < 4.78 is 1.23. The molecular formula is C17H17ClN2S. The van der Waals surface area contributed by atoms with E-state index in [1.54, 1.807) is 11.3 Å². The molecule has 108 valence electrons. The average Bonchev–Trinajstić information content (AvgIpc) is 2.91. The Morgan fingerprint density at radius 1 is 1.05 bits per heavy atom. The van der Waals surface area contributed by atoms with E-state index in [2.05, 4.69) is 43.4 Å². The van der Waals surface area contributed by atoms with Crippen molar-refractivity contribution in [3.8, 4) is 0 Å². The summed E-state index contributed by atoms with van der Waals surface area (Å²) in [6, 6.07) is 16.7. The molecule has 0 saturated carbocycles. The van der Waals surface area contributed by atoms with Crippen LogP contribution in [0.2, 0.25) is 5.02 Å². The first-order valence-corrected chi connectivity index (χ1v) is 8.20. The van der Waals surface area contributed by atoms with Gasteiger partial charge in [0.15, 0.2) is 0 Å². The van der Waals surface area contributed by atoms with Gasteiger partial charge in [-0.25, -0.2) is 4.98 Å². The van der Waals surface area contributed by atoms with Crippen molar-refractivity contribution in [2.75, 3.05) is 0 Å². The zero-order chi connectivity index (χ0) is 14.8. The first-order valence-electron chi connectivity index (χ1n) is 7.00. The molecule has 2 unspecified atom stereocenters. The molecule has 0 spiro atoms. The van der Waals surface area contributed by atoms with Gasteiger partial charge in [0.1, 0.15) is 5.01 Å². The SMILES string of the molecule is CC(NC(C)c1nc2ccccc2s1)c1cccc(Cl)c1. The second-order valence-electron chi connectivity index (χ2n) is 5.18. The Labute approximate surface area is 133 Å². The summed E-state index contributed by atoms with van der Waals surface area (Å²) in [5.74, 6) is 0. The van der Waals surface area contributed by atoms with Crippen molar-refractivity contribution in [3.63, 3.8) is 0 Å². The fraction of sp³-hybridized carbons (Fsp3) is 0.235. The number of hydrogen-bond acceptors (Lipinski definition) is 3. The number of thiazole rings is 1. The van der Waals surface area contributed by atoms with Gasteiger partial charge < -0.3 is 5.32 Å². The summed E-state index contributed by atoms with van der Waals surface area (Å²) in [6.45, 7) is 4.30. The van der Waals surface area contributed by atoms with Crippen molar-refractivity contribution in [3.05, 3.63) is 64.1 Å². The molecule has 1 heterocycles. The van der Waals surface area contributed by atoms with Crippen molar-refractivity contribution < 1.29 is 0 Å². The fourth-order valence-electron chi connectivity index (χ4n) is 2.39. The highest BCUT2D eigenvalue weighted by atomic mass is 35.5. The van der Waals surface area contributed by atoms with Gasteiger partial charge in [-0.05, 0) is 43.7 Å². The number of rotatable bonds is 4. The summed E-state index contributed by atoms with van der Waals surface area (Å²) in [4.78, 5) is 4.71. The zero-order valence-electron chi connectivity index (χ0n) is 12.0. The average molecular weight is 317 g/mol. The van der Waals surface area contributed by atoms with Crippen molar-refractivity contribution in [2.45, 2.75) is 25.9 Å². The second-order valence-corrected chi connectivity index (χ2v) is 6.68. The van der Waals surface area contributed by atoms with Gasteiger partial charge in [0.2, 0.25) is 0 Å². The standard InChI is InChI=1S/C17H17ClN2S/c1-11(13-6-5-7-14(18)10-13)19-12(2)17-20-15-8-3-4-9-16(15)21-17/h3-12,19H,1-2H3. The molecule has 0 amide bonds. The Bertz CT molecular complexity index is 720. The van der Waals surface area contributed by atoms with Gasteiger partial charge in [0, 0.05) is 11.1 Å². The molecule has 0 aliphatic carbocycles. The number of hydrogen-bond donors (Lipinski definition) is 1. The minimum Gasteiger partial charge on any atom is -0.302 e. The molecule has 0 bridgehead atoms. The van der Waals surface area contributed by atoms with Crippen LogP contribution in [0.5, 0.6) is 0 Å². The topological polar surface area (TPSA) is 24.9 Å². The molecule has 1 aromatic heterocycles. The predicted molar refractivity (Wildman–Crippen MR) is 91.0 cm³/mol. The second kappa shape index (κ2) is 6.14. The number of para-hydroxylation sites is 1. The lowest BCUT2D eigenvalue weighted by molar-refractivity contribution is 0.493. The van der Waals surface area contributed by atoms with Crippen LogP contribution in [-0.4, -0.2) is 4.98 Å². The highest BCUT2D eigenvalue weighted by Gasteiger charge is 2.15. The van der Waals surface area contributed by atoms with E-state index in [9.17, 15) is 0 Å². The molecule has 0 saturated heterocycles. The molecule has 3 aromatic rings. The monoisotopic (exact) mass is 316 g/mol. The quantitative estimate of drug-likeness (QED) is 0.700. The van der Waals surface area contributed by atoms with Crippen molar-refractivity contribution >= 4 is 33.2 Å². The Kier molecular flexibility index (Phi) is 4.24. The van der Waals surface area contributed by atoms with Crippen molar-refractivity contribution in [1.82, 2.24) is 10.3 Å². The number of fused-ring (bicyclic) bond motifs is 1. The number of aromatic nitrogens is 1. The summed E-state index contributed by atoms with van der Waals surface area (Å²) in [6.07, 6.45) is 0. The first-order chi connectivity index (χ1) is 10.1.